The van der Waals surface area contributed by atoms with E-state index in [1.54, 1.807) is 21.9 Å². The van der Waals surface area contributed by atoms with Gasteiger partial charge in [0.15, 0.2) is 0 Å². The molecule has 1 N–H and O–H groups in total. The van der Waals surface area contributed by atoms with E-state index in [4.69, 9.17) is 0 Å². The number of amides is 3. The molecule has 2 unspecified atom stereocenters. The minimum atomic E-state index is -0.848. The van der Waals surface area contributed by atoms with Crippen molar-refractivity contribution in [3.63, 3.8) is 0 Å². The predicted molar refractivity (Wildman–Crippen MR) is 134 cm³/mol. The van der Waals surface area contributed by atoms with Gasteiger partial charge in [0.2, 0.25) is 11.8 Å². The predicted octanol–water partition coefficient (Wildman–Crippen LogP) is 2.09. The van der Waals surface area contributed by atoms with Crippen LogP contribution in [0.5, 0.6) is 0 Å². The highest BCUT2D eigenvalue weighted by atomic mass is 16.2. The van der Waals surface area contributed by atoms with E-state index in [-0.39, 0.29) is 30.3 Å². The third kappa shape index (κ3) is 4.44. The molecule has 8 heteroatoms. The van der Waals surface area contributed by atoms with Crippen LogP contribution in [0.15, 0.2) is 54.6 Å². The zero-order chi connectivity index (χ0) is 24.6. The van der Waals surface area contributed by atoms with Gasteiger partial charge in [-0.15, -0.1) is 0 Å². The molecule has 0 aliphatic carbocycles. The summed E-state index contributed by atoms with van der Waals surface area (Å²) < 4.78 is 0. The highest BCUT2D eigenvalue weighted by Gasteiger charge is 2.53. The molecule has 0 saturated carbocycles. The number of nitrogens with zero attached hydrogens (tertiary/aromatic N) is 4. The first-order valence-corrected chi connectivity index (χ1v) is 12.4. The lowest BCUT2D eigenvalue weighted by Gasteiger charge is -2.48. The number of piperazine rings is 1. The van der Waals surface area contributed by atoms with E-state index in [0.29, 0.717) is 30.6 Å². The number of hydrogen-bond donors (Lipinski definition) is 1. The summed E-state index contributed by atoms with van der Waals surface area (Å²) in [6.07, 6.45) is 0.856. The third-order valence-corrected chi connectivity index (χ3v) is 7.62. The number of hydrogen-bond acceptors (Lipinski definition) is 5. The smallest absolute Gasteiger partial charge is 0.258 e. The average molecular weight is 476 g/mol. The van der Waals surface area contributed by atoms with Crippen LogP contribution in [0.25, 0.3) is 0 Å². The number of nitrogens with one attached hydrogen (secondary N) is 1. The molecule has 3 heterocycles. The molecule has 0 aromatic heterocycles. The highest BCUT2D eigenvalue weighted by molar-refractivity contribution is 6.11. The van der Waals surface area contributed by atoms with Crippen LogP contribution in [0.1, 0.15) is 41.7 Å². The Morgan fingerprint density at radius 3 is 2.43 bits per heavy atom. The minimum Gasteiger partial charge on any atom is -0.346 e. The molecular weight excluding hydrogens is 442 g/mol. The maximum Gasteiger partial charge on any atom is 0.258 e. The Balaban J connectivity index is 1.36. The van der Waals surface area contributed by atoms with Crippen LogP contribution in [0.3, 0.4) is 0 Å². The quantitative estimate of drug-likeness (QED) is 0.693. The molecule has 184 valence electrons. The number of rotatable bonds is 6. The standard InChI is InChI=1S/C27H33N5O3/c1-27-13-12-25(34)32(27)23-11-7-6-10-21(23)26(35)31(27)19-24(33)28-22(20-8-4-3-5-9-20)18-30-16-14-29(2)15-17-30/h3-11,22H,12-19H2,1-2H3,(H,28,33). The van der Waals surface area contributed by atoms with Gasteiger partial charge in [-0.2, -0.15) is 0 Å². The van der Waals surface area contributed by atoms with Crippen LogP contribution in [0, 0.1) is 0 Å². The molecule has 2 saturated heterocycles. The number of likely N-dealkylation sites (N-methyl/N-ethyl adjacent to an activating group) is 1. The lowest BCUT2D eigenvalue weighted by atomic mass is 9.98. The maximum absolute atomic E-state index is 13.5. The molecule has 2 aromatic carbocycles. The summed E-state index contributed by atoms with van der Waals surface area (Å²) in [6.45, 7) is 6.40. The summed E-state index contributed by atoms with van der Waals surface area (Å²) in [5.74, 6) is -0.448. The molecule has 3 aliphatic rings. The fourth-order valence-corrected chi connectivity index (χ4v) is 5.53. The summed E-state index contributed by atoms with van der Waals surface area (Å²) in [5, 5.41) is 3.20. The lowest BCUT2D eigenvalue weighted by Crippen LogP contribution is -2.64. The fraction of sp³-hybridized carbons (Fsp3) is 0.444. The highest BCUT2D eigenvalue weighted by Crippen LogP contribution is 2.43. The maximum atomic E-state index is 13.5. The zero-order valence-corrected chi connectivity index (χ0v) is 20.4. The molecule has 2 fully saturated rings. The number of fused-ring (bicyclic) bond motifs is 3. The van der Waals surface area contributed by atoms with Crippen LogP contribution >= 0.6 is 0 Å². The van der Waals surface area contributed by atoms with E-state index in [0.717, 1.165) is 31.7 Å². The monoisotopic (exact) mass is 475 g/mol. The van der Waals surface area contributed by atoms with Crippen LogP contribution in [-0.4, -0.2) is 84.4 Å². The van der Waals surface area contributed by atoms with Crippen LogP contribution < -0.4 is 10.2 Å². The zero-order valence-electron chi connectivity index (χ0n) is 20.4. The Bertz CT molecular complexity index is 1110. The van der Waals surface area contributed by atoms with Gasteiger partial charge >= 0.3 is 0 Å². The van der Waals surface area contributed by atoms with E-state index in [1.807, 2.05) is 49.4 Å². The summed E-state index contributed by atoms with van der Waals surface area (Å²) >= 11 is 0. The second-order valence-corrected chi connectivity index (χ2v) is 9.99. The van der Waals surface area contributed by atoms with Gasteiger partial charge in [-0.25, -0.2) is 0 Å². The van der Waals surface area contributed by atoms with Crippen molar-refractivity contribution in [1.82, 2.24) is 20.0 Å². The van der Waals surface area contributed by atoms with Gasteiger partial charge in [-0.1, -0.05) is 42.5 Å². The van der Waals surface area contributed by atoms with Crippen molar-refractivity contribution >= 4 is 23.4 Å². The van der Waals surface area contributed by atoms with Gasteiger partial charge in [0.1, 0.15) is 12.2 Å². The van der Waals surface area contributed by atoms with Gasteiger partial charge in [-0.3, -0.25) is 24.2 Å². The second kappa shape index (κ2) is 9.43. The summed E-state index contributed by atoms with van der Waals surface area (Å²) in [4.78, 5) is 47.7. The Kier molecular flexibility index (Phi) is 6.34. The first-order valence-electron chi connectivity index (χ1n) is 12.4. The van der Waals surface area contributed by atoms with E-state index in [1.165, 1.54) is 0 Å². The molecule has 3 amide bonds. The molecule has 35 heavy (non-hydrogen) atoms. The SMILES string of the molecule is CN1CCN(CC(NC(=O)CN2C(=O)c3ccccc3N3C(=O)CCC23C)c2ccccc2)CC1. The van der Waals surface area contributed by atoms with E-state index in [2.05, 4.69) is 22.2 Å². The number of carbonyl (C=O) groups excluding carboxylic acids is 3. The molecule has 8 nitrogen and oxygen atoms in total. The Labute approximate surface area is 206 Å². The first-order chi connectivity index (χ1) is 16.9. The molecule has 3 aliphatic heterocycles. The lowest BCUT2D eigenvalue weighted by molar-refractivity contribution is -0.124. The van der Waals surface area contributed by atoms with Gasteiger partial charge in [0, 0.05) is 39.1 Å². The van der Waals surface area contributed by atoms with Crippen molar-refractivity contribution in [2.75, 3.05) is 51.2 Å². The van der Waals surface area contributed by atoms with Crippen molar-refractivity contribution in [2.24, 2.45) is 0 Å². The fourth-order valence-electron chi connectivity index (χ4n) is 5.53. The molecule has 2 atom stereocenters. The number of para-hydroxylation sites is 1. The molecular formula is C27H33N5O3. The second-order valence-electron chi connectivity index (χ2n) is 9.99. The summed E-state index contributed by atoms with van der Waals surface area (Å²) in [5.41, 5.74) is 1.29. The van der Waals surface area contributed by atoms with E-state index < -0.39 is 5.66 Å². The molecule has 5 rings (SSSR count). The average Bonchev–Trinajstić information content (AvgIpc) is 3.18. The van der Waals surface area contributed by atoms with Crippen molar-refractivity contribution in [3.05, 3.63) is 65.7 Å². The van der Waals surface area contributed by atoms with Crippen LogP contribution in [-0.2, 0) is 9.59 Å². The van der Waals surface area contributed by atoms with Gasteiger partial charge in [-0.05, 0) is 38.1 Å². The van der Waals surface area contributed by atoms with Crippen LogP contribution in [0.2, 0.25) is 0 Å². The van der Waals surface area contributed by atoms with Gasteiger partial charge in [0.25, 0.3) is 5.91 Å². The summed E-state index contributed by atoms with van der Waals surface area (Å²) in [6, 6.07) is 17.0. The number of benzene rings is 2. The van der Waals surface area contributed by atoms with Crippen molar-refractivity contribution in [3.8, 4) is 0 Å². The number of anilines is 1. The van der Waals surface area contributed by atoms with Gasteiger partial charge in [0.05, 0.1) is 17.3 Å². The minimum absolute atomic E-state index is 0.0184. The van der Waals surface area contributed by atoms with Crippen LogP contribution in [0.4, 0.5) is 5.69 Å². The Hall–Kier alpha value is -3.23. The van der Waals surface area contributed by atoms with E-state index >= 15 is 0 Å². The molecule has 0 bridgehead atoms. The largest absolute Gasteiger partial charge is 0.346 e. The van der Waals surface area contributed by atoms with Gasteiger partial charge < -0.3 is 15.1 Å². The topological polar surface area (TPSA) is 76.2 Å². The van der Waals surface area contributed by atoms with Crippen molar-refractivity contribution in [1.29, 1.82) is 0 Å². The van der Waals surface area contributed by atoms with Crippen molar-refractivity contribution < 1.29 is 14.4 Å². The molecule has 0 spiro atoms. The van der Waals surface area contributed by atoms with Crippen molar-refractivity contribution in [2.45, 2.75) is 31.5 Å². The first kappa shape index (κ1) is 23.5. The normalized spacial score (nSPS) is 23.7. The molecule has 2 aromatic rings. The Morgan fingerprint density at radius 2 is 1.69 bits per heavy atom. The third-order valence-electron chi connectivity index (χ3n) is 7.62. The van der Waals surface area contributed by atoms with E-state index in [9.17, 15) is 14.4 Å². The summed E-state index contributed by atoms with van der Waals surface area (Å²) in [7, 11) is 2.12. The Morgan fingerprint density at radius 1 is 1.00 bits per heavy atom. The number of carbonyl (C=O) groups is 3. The molecule has 0 radical (unpaired) electrons.